The van der Waals surface area contributed by atoms with Crippen LogP contribution in [0.2, 0.25) is 10.0 Å². The van der Waals surface area contributed by atoms with E-state index in [-0.39, 0.29) is 39.0 Å². The van der Waals surface area contributed by atoms with Crippen molar-refractivity contribution in [2.24, 2.45) is 0 Å². The summed E-state index contributed by atoms with van der Waals surface area (Å²) in [7, 11) is 0. The highest BCUT2D eigenvalue weighted by Gasteiger charge is 2.26. The van der Waals surface area contributed by atoms with E-state index < -0.39 is 5.97 Å². The summed E-state index contributed by atoms with van der Waals surface area (Å²) in [4.78, 5) is 44.7. The summed E-state index contributed by atoms with van der Waals surface area (Å²) < 4.78 is 0. The minimum absolute atomic E-state index is 0.0137. The van der Waals surface area contributed by atoms with Crippen LogP contribution in [0.1, 0.15) is 62.5 Å². The lowest BCUT2D eigenvalue weighted by molar-refractivity contribution is 0.0697. The number of carbonyl (C=O) groups is 3. The number of hydrogen-bond donors (Lipinski definition) is 3. The Bertz CT molecular complexity index is 940. The fourth-order valence-electron chi connectivity index (χ4n) is 3.25. The van der Waals surface area contributed by atoms with Gasteiger partial charge in [0, 0.05) is 31.7 Å². The van der Waals surface area contributed by atoms with Crippen molar-refractivity contribution >= 4 is 57.3 Å². The zero-order valence-electron chi connectivity index (χ0n) is 15.8. The highest BCUT2D eigenvalue weighted by atomic mass is 35.5. The number of anilines is 1. The van der Waals surface area contributed by atoms with E-state index in [1.807, 2.05) is 4.90 Å². The van der Waals surface area contributed by atoms with E-state index in [0.717, 1.165) is 24.2 Å². The average molecular weight is 459 g/mol. The van der Waals surface area contributed by atoms with Crippen LogP contribution in [0.25, 0.3) is 0 Å². The molecule has 11 heteroatoms. The number of Topliss-reactive ketones (excluding diaryl/α,β-unsaturated/α-hetero) is 1. The second kappa shape index (κ2) is 8.73. The van der Waals surface area contributed by atoms with Crippen molar-refractivity contribution in [2.45, 2.75) is 39.2 Å². The van der Waals surface area contributed by atoms with Gasteiger partial charge < -0.3 is 20.3 Å². The fraction of sp³-hybridized carbons (Fsp3) is 0.444. The quantitative estimate of drug-likeness (QED) is 0.587. The standard InChI is InChI=1S/C18H20Cl2N4O4S/c1-8-11(19)12(20)14(21-8)16(26)22-10-4-3-6-24(7-5-10)18-23-13(9(2)25)15(29-18)17(27)28/h10,21H,3-7H2,1-2H3,(H,22,26)(H,27,28). The number of thiazole rings is 1. The van der Waals surface area contributed by atoms with Crippen LogP contribution in [0.15, 0.2) is 0 Å². The Morgan fingerprint density at radius 3 is 2.52 bits per heavy atom. The first-order chi connectivity index (χ1) is 13.7. The third kappa shape index (κ3) is 4.57. The summed E-state index contributed by atoms with van der Waals surface area (Å²) in [6, 6.07) is -0.0721. The van der Waals surface area contributed by atoms with Gasteiger partial charge in [-0.3, -0.25) is 9.59 Å². The van der Waals surface area contributed by atoms with Crippen LogP contribution >= 0.6 is 34.5 Å². The third-order valence-electron chi connectivity index (χ3n) is 4.76. The molecular weight excluding hydrogens is 439 g/mol. The smallest absolute Gasteiger partial charge is 0.348 e. The highest BCUT2D eigenvalue weighted by molar-refractivity contribution is 7.17. The summed E-state index contributed by atoms with van der Waals surface area (Å²) >= 11 is 13.2. The van der Waals surface area contributed by atoms with Gasteiger partial charge in [0.25, 0.3) is 5.91 Å². The van der Waals surface area contributed by atoms with E-state index in [1.54, 1.807) is 6.92 Å². The molecule has 1 atom stereocenters. The molecule has 0 bridgehead atoms. The van der Waals surface area contributed by atoms with Gasteiger partial charge in [0.05, 0.1) is 10.0 Å². The number of H-pyrrole nitrogens is 1. The van der Waals surface area contributed by atoms with Gasteiger partial charge in [0.1, 0.15) is 16.3 Å². The van der Waals surface area contributed by atoms with Crippen LogP contribution in [0, 0.1) is 6.92 Å². The monoisotopic (exact) mass is 458 g/mol. The van der Waals surface area contributed by atoms with Gasteiger partial charge >= 0.3 is 5.97 Å². The molecule has 1 aliphatic rings. The molecule has 29 heavy (non-hydrogen) atoms. The molecule has 0 saturated carbocycles. The van der Waals surface area contributed by atoms with Gasteiger partial charge in [-0.25, -0.2) is 9.78 Å². The van der Waals surface area contributed by atoms with Gasteiger partial charge in [-0.1, -0.05) is 34.5 Å². The first-order valence-electron chi connectivity index (χ1n) is 9.03. The third-order valence-corrected chi connectivity index (χ3v) is 6.81. The Hall–Kier alpha value is -2.10. The lowest BCUT2D eigenvalue weighted by Crippen LogP contribution is -2.36. The maximum absolute atomic E-state index is 12.5. The van der Waals surface area contributed by atoms with Crippen LogP contribution in [0.3, 0.4) is 0 Å². The second-order valence-electron chi connectivity index (χ2n) is 6.88. The largest absolute Gasteiger partial charge is 0.477 e. The Morgan fingerprint density at radius 1 is 1.24 bits per heavy atom. The van der Waals surface area contributed by atoms with Crippen molar-refractivity contribution < 1.29 is 19.5 Å². The molecule has 3 N–H and O–H groups in total. The summed E-state index contributed by atoms with van der Waals surface area (Å²) in [5.74, 6) is -1.85. The molecule has 156 valence electrons. The van der Waals surface area contributed by atoms with Crippen molar-refractivity contribution in [3.05, 3.63) is 32.0 Å². The number of carbonyl (C=O) groups excluding carboxylic acids is 2. The number of aryl methyl sites for hydroxylation is 1. The van der Waals surface area contributed by atoms with Gasteiger partial charge in [0.15, 0.2) is 10.9 Å². The van der Waals surface area contributed by atoms with Gasteiger partial charge in [0.2, 0.25) is 0 Å². The predicted molar refractivity (Wildman–Crippen MR) is 112 cm³/mol. The van der Waals surface area contributed by atoms with Crippen molar-refractivity contribution in [3.63, 3.8) is 0 Å². The van der Waals surface area contributed by atoms with Crippen LogP contribution in [-0.4, -0.2) is 51.9 Å². The highest BCUT2D eigenvalue weighted by Crippen LogP contribution is 2.30. The molecule has 3 heterocycles. The molecule has 1 amide bonds. The predicted octanol–water partition coefficient (Wildman–Crippen LogP) is 3.78. The molecule has 2 aromatic heterocycles. The molecule has 1 aliphatic heterocycles. The minimum atomic E-state index is -1.16. The minimum Gasteiger partial charge on any atom is -0.477 e. The van der Waals surface area contributed by atoms with Crippen molar-refractivity contribution in [1.82, 2.24) is 15.3 Å². The molecule has 0 spiro atoms. The summed E-state index contributed by atoms with van der Waals surface area (Å²) in [6.45, 7) is 4.28. The summed E-state index contributed by atoms with van der Waals surface area (Å²) in [5, 5.41) is 13.3. The zero-order chi connectivity index (χ0) is 21.3. The molecule has 1 saturated heterocycles. The molecule has 1 fully saturated rings. The van der Waals surface area contributed by atoms with Gasteiger partial charge in [-0.05, 0) is 26.2 Å². The molecule has 0 radical (unpaired) electrons. The van der Waals surface area contributed by atoms with Crippen LogP contribution < -0.4 is 10.2 Å². The van der Waals surface area contributed by atoms with Crippen LogP contribution in [0.5, 0.6) is 0 Å². The Morgan fingerprint density at radius 2 is 1.97 bits per heavy atom. The topological polar surface area (TPSA) is 115 Å². The van der Waals surface area contributed by atoms with Crippen LogP contribution in [-0.2, 0) is 0 Å². The van der Waals surface area contributed by atoms with Gasteiger partial charge in [-0.2, -0.15) is 0 Å². The molecule has 0 aliphatic carbocycles. The summed E-state index contributed by atoms with van der Waals surface area (Å²) in [6.07, 6.45) is 2.18. The van der Waals surface area contributed by atoms with Gasteiger partial charge in [-0.15, -0.1) is 0 Å². The maximum atomic E-state index is 12.5. The van der Waals surface area contributed by atoms with E-state index in [4.69, 9.17) is 23.2 Å². The number of nitrogens with zero attached hydrogens (tertiary/aromatic N) is 2. The number of halogens is 2. The number of amides is 1. The molecule has 1 unspecified atom stereocenters. The SMILES string of the molecule is CC(=O)c1nc(N2CCCC(NC(=O)c3[nH]c(C)c(Cl)c3Cl)CC2)sc1C(=O)O. The van der Waals surface area contributed by atoms with E-state index >= 15 is 0 Å². The Kier molecular flexibility index (Phi) is 6.50. The Labute approximate surface area is 181 Å². The number of aromatic carboxylic acids is 1. The number of carboxylic acids is 1. The molecule has 8 nitrogen and oxygen atoms in total. The second-order valence-corrected chi connectivity index (χ2v) is 8.61. The van der Waals surface area contributed by atoms with Crippen LogP contribution in [0.4, 0.5) is 5.13 Å². The first-order valence-corrected chi connectivity index (χ1v) is 10.6. The lowest BCUT2D eigenvalue weighted by atomic mass is 10.1. The average Bonchev–Trinajstić information content (AvgIpc) is 3.13. The number of rotatable bonds is 5. The number of aromatic nitrogens is 2. The number of carboxylic acid groups (broad SMARTS) is 1. The van der Waals surface area contributed by atoms with E-state index in [9.17, 15) is 19.5 Å². The van der Waals surface area contributed by atoms with E-state index in [1.165, 1.54) is 6.92 Å². The number of nitrogens with one attached hydrogen (secondary N) is 2. The molecule has 3 rings (SSSR count). The maximum Gasteiger partial charge on any atom is 0.348 e. The van der Waals surface area contributed by atoms with Crippen molar-refractivity contribution in [2.75, 3.05) is 18.0 Å². The number of ketones is 1. The van der Waals surface area contributed by atoms with Crippen molar-refractivity contribution in [1.29, 1.82) is 0 Å². The lowest BCUT2D eigenvalue weighted by Gasteiger charge is -2.19. The molecule has 2 aromatic rings. The number of aromatic amines is 1. The Balaban J connectivity index is 1.68. The molecular formula is C18H20Cl2N4O4S. The zero-order valence-corrected chi connectivity index (χ0v) is 18.2. The normalized spacial score (nSPS) is 17.1. The van der Waals surface area contributed by atoms with Crippen molar-refractivity contribution in [3.8, 4) is 0 Å². The van der Waals surface area contributed by atoms with E-state index in [2.05, 4.69) is 15.3 Å². The first kappa shape index (κ1) is 21.6. The van der Waals surface area contributed by atoms with E-state index in [0.29, 0.717) is 35.4 Å². The number of hydrogen-bond acceptors (Lipinski definition) is 6. The summed E-state index contributed by atoms with van der Waals surface area (Å²) in [5.41, 5.74) is 0.862. The molecule has 0 aromatic carbocycles. The fourth-order valence-corrected chi connectivity index (χ4v) is 4.67.